The van der Waals surface area contributed by atoms with Gasteiger partial charge in [0.25, 0.3) is 0 Å². The molecule has 94 valence electrons. The van der Waals surface area contributed by atoms with Crippen LogP contribution in [0.2, 0.25) is 0 Å². The van der Waals surface area contributed by atoms with Gasteiger partial charge in [-0.1, -0.05) is 29.8 Å². The number of phenolic OH excluding ortho intramolecular Hbond substituents is 1. The number of hydrogen-bond acceptors (Lipinski definition) is 3. The first-order chi connectivity index (χ1) is 7.79. The molecule has 0 aliphatic heterocycles. The molecule has 0 unspecified atom stereocenters. The molecule has 0 atom stereocenters. The van der Waals surface area contributed by atoms with Crippen molar-refractivity contribution in [2.75, 3.05) is 11.9 Å². The summed E-state index contributed by atoms with van der Waals surface area (Å²) in [5.74, 6) is -0.284. The largest absolute Gasteiger partial charge is 0.506 e. The van der Waals surface area contributed by atoms with E-state index in [4.69, 9.17) is 0 Å². The lowest BCUT2D eigenvalue weighted by molar-refractivity contribution is -0.114. The maximum atomic E-state index is 11.1. The molecular weight excluding hydrogens is 286 g/mol. The third-order valence-electron chi connectivity index (χ3n) is 2.51. The summed E-state index contributed by atoms with van der Waals surface area (Å²) in [6.07, 6.45) is 0. The molecule has 0 radical (unpaired) electrons. The van der Waals surface area contributed by atoms with Crippen LogP contribution in [-0.2, 0) is 10.2 Å². The molecule has 0 aromatic heterocycles. The Bertz CT molecular complexity index is 444. The average molecular weight is 302 g/mol. The summed E-state index contributed by atoms with van der Waals surface area (Å²) in [5, 5.41) is 21.8. The van der Waals surface area contributed by atoms with Crippen LogP contribution >= 0.6 is 15.9 Å². The highest BCUT2D eigenvalue weighted by molar-refractivity contribution is 9.10. The second kappa shape index (κ2) is 5.06. The van der Waals surface area contributed by atoms with Crippen molar-refractivity contribution in [3.05, 3.63) is 22.2 Å². The first-order valence-corrected chi connectivity index (χ1v) is 5.99. The Hall–Kier alpha value is -1.07. The molecule has 0 aliphatic carbocycles. The minimum absolute atomic E-state index is 0.0140. The molecule has 1 aromatic rings. The highest BCUT2D eigenvalue weighted by Gasteiger charge is 2.27. The fourth-order valence-electron chi connectivity index (χ4n) is 1.61. The predicted molar refractivity (Wildman–Crippen MR) is 70.2 cm³/mol. The summed E-state index contributed by atoms with van der Waals surface area (Å²) in [6.45, 7) is 4.94. The van der Waals surface area contributed by atoms with E-state index in [1.807, 2.05) is 13.8 Å². The minimum Gasteiger partial charge on any atom is -0.506 e. The zero-order valence-electron chi connectivity index (χ0n) is 10.0. The molecule has 4 nitrogen and oxygen atoms in total. The standard InChI is InChI=1S/C12H16BrNO3/c1-7(16)14-11-9(17)5-4-8(13)10(11)12(2,3)6-15/h4-5,15,17H,6H2,1-3H3,(H,14,16). The van der Waals surface area contributed by atoms with Crippen molar-refractivity contribution in [3.8, 4) is 5.75 Å². The number of nitrogens with one attached hydrogen (secondary N) is 1. The number of carbonyl (C=O) groups excluding carboxylic acids is 1. The van der Waals surface area contributed by atoms with Gasteiger partial charge in [0.15, 0.2) is 0 Å². The molecule has 3 N–H and O–H groups in total. The molecule has 0 aliphatic rings. The number of benzene rings is 1. The number of aromatic hydroxyl groups is 1. The molecule has 0 spiro atoms. The average Bonchev–Trinajstić information content (AvgIpc) is 2.22. The van der Waals surface area contributed by atoms with E-state index in [1.165, 1.54) is 13.0 Å². The maximum absolute atomic E-state index is 11.1. The van der Waals surface area contributed by atoms with Gasteiger partial charge in [-0.3, -0.25) is 4.79 Å². The lowest BCUT2D eigenvalue weighted by atomic mass is 9.84. The van der Waals surface area contributed by atoms with E-state index in [0.717, 1.165) is 4.47 Å². The second-order valence-corrected chi connectivity index (χ2v) is 5.39. The van der Waals surface area contributed by atoms with Gasteiger partial charge in [0, 0.05) is 22.4 Å². The van der Waals surface area contributed by atoms with Gasteiger partial charge in [-0.15, -0.1) is 0 Å². The zero-order chi connectivity index (χ0) is 13.2. The Balaban J connectivity index is 3.44. The third kappa shape index (κ3) is 2.98. The highest BCUT2D eigenvalue weighted by atomic mass is 79.9. The van der Waals surface area contributed by atoms with Crippen LogP contribution in [0.25, 0.3) is 0 Å². The van der Waals surface area contributed by atoms with Gasteiger partial charge in [0.05, 0.1) is 12.3 Å². The molecule has 17 heavy (non-hydrogen) atoms. The van der Waals surface area contributed by atoms with Crippen molar-refractivity contribution >= 4 is 27.5 Å². The molecule has 0 saturated carbocycles. The van der Waals surface area contributed by atoms with Crippen molar-refractivity contribution in [2.24, 2.45) is 0 Å². The SMILES string of the molecule is CC(=O)Nc1c(O)ccc(Br)c1C(C)(C)CO. The number of phenols is 1. The van der Waals surface area contributed by atoms with Crippen LogP contribution in [0.4, 0.5) is 5.69 Å². The predicted octanol–water partition coefficient (Wildman–Crippen LogP) is 2.38. The summed E-state index contributed by atoms with van der Waals surface area (Å²) < 4.78 is 0.734. The van der Waals surface area contributed by atoms with Crippen LogP contribution in [0.15, 0.2) is 16.6 Å². The van der Waals surface area contributed by atoms with Gasteiger partial charge in [0.1, 0.15) is 5.75 Å². The van der Waals surface area contributed by atoms with E-state index in [2.05, 4.69) is 21.2 Å². The molecule has 1 amide bonds. The molecule has 1 rings (SSSR count). The Morgan fingerprint density at radius 2 is 2.06 bits per heavy atom. The Morgan fingerprint density at radius 1 is 1.47 bits per heavy atom. The number of amides is 1. The van der Waals surface area contributed by atoms with Crippen LogP contribution in [0, 0.1) is 0 Å². The Morgan fingerprint density at radius 3 is 2.53 bits per heavy atom. The minimum atomic E-state index is -0.574. The van der Waals surface area contributed by atoms with Crippen molar-refractivity contribution in [1.29, 1.82) is 0 Å². The smallest absolute Gasteiger partial charge is 0.221 e. The Labute approximate surface area is 109 Å². The topological polar surface area (TPSA) is 69.6 Å². The van der Waals surface area contributed by atoms with Gasteiger partial charge >= 0.3 is 0 Å². The lowest BCUT2D eigenvalue weighted by Crippen LogP contribution is -2.25. The number of aliphatic hydroxyl groups excluding tert-OH is 1. The van der Waals surface area contributed by atoms with Crippen LogP contribution in [0.3, 0.4) is 0 Å². The monoisotopic (exact) mass is 301 g/mol. The third-order valence-corrected chi connectivity index (χ3v) is 3.17. The maximum Gasteiger partial charge on any atom is 0.221 e. The van der Waals surface area contributed by atoms with Crippen LogP contribution in [0.1, 0.15) is 26.3 Å². The highest BCUT2D eigenvalue weighted by Crippen LogP contribution is 2.40. The molecule has 5 heteroatoms. The number of anilines is 1. The van der Waals surface area contributed by atoms with Gasteiger partial charge in [-0.05, 0) is 12.1 Å². The molecular formula is C12H16BrNO3. The van der Waals surface area contributed by atoms with E-state index < -0.39 is 5.41 Å². The molecule has 0 heterocycles. The lowest BCUT2D eigenvalue weighted by Gasteiger charge is -2.27. The van der Waals surface area contributed by atoms with E-state index >= 15 is 0 Å². The summed E-state index contributed by atoms with van der Waals surface area (Å²) >= 11 is 3.37. The van der Waals surface area contributed by atoms with Crippen LogP contribution in [0.5, 0.6) is 5.75 Å². The normalized spacial score (nSPS) is 11.4. The molecule has 0 saturated heterocycles. The van der Waals surface area contributed by atoms with Gasteiger partial charge in [0.2, 0.25) is 5.91 Å². The fraction of sp³-hybridized carbons (Fsp3) is 0.417. The quantitative estimate of drug-likeness (QED) is 0.751. The summed E-state index contributed by atoms with van der Waals surface area (Å²) in [4.78, 5) is 11.1. The van der Waals surface area contributed by atoms with Crippen LogP contribution in [-0.4, -0.2) is 22.7 Å². The summed E-state index contributed by atoms with van der Waals surface area (Å²) in [5.41, 5.74) is 0.441. The fourth-order valence-corrected chi connectivity index (χ4v) is 2.48. The molecule has 0 fully saturated rings. The van der Waals surface area contributed by atoms with E-state index in [-0.39, 0.29) is 18.3 Å². The van der Waals surface area contributed by atoms with Crippen molar-refractivity contribution in [2.45, 2.75) is 26.2 Å². The van der Waals surface area contributed by atoms with E-state index in [9.17, 15) is 15.0 Å². The van der Waals surface area contributed by atoms with Gasteiger partial charge in [-0.25, -0.2) is 0 Å². The number of aliphatic hydroxyl groups is 1. The van der Waals surface area contributed by atoms with Crippen molar-refractivity contribution < 1.29 is 15.0 Å². The van der Waals surface area contributed by atoms with Gasteiger partial charge in [-0.2, -0.15) is 0 Å². The first-order valence-electron chi connectivity index (χ1n) is 5.20. The van der Waals surface area contributed by atoms with E-state index in [1.54, 1.807) is 6.07 Å². The van der Waals surface area contributed by atoms with Crippen LogP contribution < -0.4 is 5.32 Å². The van der Waals surface area contributed by atoms with Gasteiger partial charge < -0.3 is 15.5 Å². The van der Waals surface area contributed by atoms with Crippen molar-refractivity contribution in [3.63, 3.8) is 0 Å². The first kappa shape index (κ1) is 14.0. The number of hydrogen-bond donors (Lipinski definition) is 3. The Kier molecular flexibility index (Phi) is 4.16. The molecule has 0 bridgehead atoms. The number of halogens is 1. The number of rotatable bonds is 3. The summed E-state index contributed by atoms with van der Waals surface area (Å²) in [6, 6.07) is 3.18. The summed E-state index contributed by atoms with van der Waals surface area (Å²) in [7, 11) is 0. The zero-order valence-corrected chi connectivity index (χ0v) is 11.6. The molecule has 1 aromatic carbocycles. The second-order valence-electron chi connectivity index (χ2n) is 4.54. The van der Waals surface area contributed by atoms with E-state index in [0.29, 0.717) is 11.3 Å². The number of carbonyl (C=O) groups is 1. The van der Waals surface area contributed by atoms with Crippen molar-refractivity contribution in [1.82, 2.24) is 0 Å².